The summed E-state index contributed by atoms with van der Waals surface area (Å²) in [6.07, 6.45) is 8.35. The molecule has 4 bridgehead atoms. The van der Waals surface area contributed by atoms with Gasteiger partial charge in [-0.1, -0.05) is 17.7 Å². The number of nitrogens with zero attached hydrogens (tertiary/aromatic N) is 1. The molecule has 1 aromatic carbocycles. The van der Waals surface area contributed by atoms with Gasteiger partial charge in [-0.3, -0.25) is 0 Å². The highest BCUT2D eigenvalue weighted by molar-refractivity contribution is 7.80. The lowest BCUT2D eigenvalue weighted by Crippen LogP contribution is -2.60. The molecule has 4 aliphatic carbocycles. The number of benzene rings is 1. The van der Waals surface area contributed by atoms with Crippen LogP contribution in [0, 0.1) is 24.7 Å². The van der Waals surface area contributed by atoms with Crippen molar-refractivity contribution in [1.29, 1.82) is 0 Å². The summed E-state index contributed by atoms with van der Waals surface area (Å²) < 4.78 is 0. The summed E-state index contributed by atoms with van der Waals surface area (Å²) in [5, 5.41) is 5.04. The predicted octanol–water partition coefficient (Wildman–Crippen LogP) is 5.25. The molecule has 0 saturated heterocycles. The second kappa shape index (κ2) is 5.63. The van der Waals surface area contributed by atoms with Crippen LogP contribution in [-0.4, -0.2) is 22.6 Å². The Bertz CT molecular complexity index is 607. The molecule has 0 radical (unpaired) electrons. The van der Waals surface area contributed by atoms with Gasteiger partial charge in [0, 0.05) is 23.3 Å². The normalized spacial score (nSPS) is 34.5. The van der Waals surface area contributed by atoms with Crippen molar-refractivity contribution in [2.75, 3.05) is 12.4 Å². The Morgan fingerprint density at radius 1 is 1.17 bits per heavy atom. The lowest BCUT2D eigenvalue weighted by Gasteiger charge is -2.60. The average molecular weight is 349 g/mol. The Hall–Kier alpha value is -0.800. The van der Waals surface area contributed by atoms with E-state index in [-0.39, 0.29) is 0 Å². The number of hydrogen-bond donors (Lipinski definition) is 1. The lowest BCUT2D eigenvalue weighted by molar-refractivity contribution is -0.0538. The van der Waals surface area contributed by atoms with E-state index in [0.717, 1.165) is 33.6 Å². The third kappa shape index (κ3) is 2.76. The van der Waals surface area contributed by atoms with Crippen molar-refractivity contribution in [3.8, 4) is 0 Å². The molecule has 0 aromatic heterocycles. The fourth-order valence-corrected chi connectivity index (χ4v) is 6.09. The molecule has 4 saturated carbocycles. The largest absolute Gasteiger partial charge is 0.346 e. The third-order valence-electron chi connectivity index (χ3n) is 6.46. The van der Waals surface area contributed by atoms with Crippen LogP contribution in [0.5, 0.6) is 0 Å². The molecule has 2 nitrogen and oxygen atoms in total. The highest BCUT2D eigenvalue weighted by atomic mass is 35.5. The molecule has 5 rings (SSSR count). The van der Waals surface area contributed by atoms with Crippen LogP contribution >= 0.6 is 23.8 Å². The SMILES string of the molecule is Cc1ccc(Cl)cc1NC(=S)N(C)C12CC3CC(CC(C3)C1)C2. The van der Waals surface area contributed by atoms with E-state index in [4.69, 9.17) is 23.8 Å². The van der Waals surface area contributed by atoms with Gasteiger partial charge in [-0.15, -0.1) is 0 Å². The van der Waals surface area contributed by atoms with Crippen LogP contribution < -0.4 is 5.32 Å². The van der Waals surface area contributed by atoms with Crippen molar-refractivity contribution in [1.82, 2.24) is 4.90 Å². The molecule has 124 valence electrons. The first-order chi connectivity index (χ1) is 10.9. The molecule has 0 amide bonds. The van der Waals surface area contributed by atoms with Gasteiger partial charge in [-0.2, -0.15) is 0 Å². The van der Waals surface area contributed by atoms with Crippen molar-refractivity contribution < 1.29 is 0 Å². The lowest BCUT2D eigenvalue weighted by atomic mass is 9.52. The molecule has 4 heteroatoms. The van der Waals surface area contributed by atoms with E-state index in [1.54, 1.807) is 0 Å². The monoisotopic (exact) mass is 348 g/mol. The van der Waals surface area contributed by atoms with E-state index in [1.165, 1.54) is 44.1 Å². The quantitative estimate of drug-likeness (QED) is 0.735. The third-order valence-corrected chi connectivity index (χ3v) is 7.07. The van der Waals surface area contributed by atoms with Crippen LogP contribution in [0.3, 0.4) is 0 Å². The van der Waals surface area contributed by atoms with Gasteiger partial charge in [-0.25, -0.2) is 0 Å². The summed E-state index contributed by atoms with van der Waals surface area (Å²) >= 11 is 11.9. The van der Waals surface area contributed by atoms with Gasteiger partial charge < -0.3 is 10.2 Å². The maximum Gasteiger partial charge on any atom is 0.173 e. The first-order valence-corrected chi connectivity index (χ1v) is 9.55. The van der Waals surface area contributed by atoms with Crippen LogP contribution in [0.25, 0.3) is 0 Å². The molecule has 0 atom stereocenters. The smallest absolute Gasteiger partial charge is 0.173 e. The van der Waals surface area contributed by atoms with E-state index >= 15 is 0 Å². The number of thiocarbonyl (C=S) groups is 1. The Labute approximate surface area is 149 Å². The van der Waals surface area contributed by atoms with Gasteiger partial charge in [0.1, 0.15) is 0 Å². The van der Waals surface area contributed by atoms with Crippen molar-refractivity contribution in [2.24, 2.45) is 17.8 Å². The highest BCUT2D eigenvalue weighted by Gasteiger charge is 2.53. The van der Waals surface area contributed by atoms with Crippen LogP contribution in [0.15, 0.2) is 18.2 Å². The van der Waals surface area contributed by atoms with Crippen molar-refractivity contribution in [3.63, 3.8) is 0 Å². The van der Waals surface area contributed by atoms with Crippen LogP contribution in [0.4, 0.5) is 5.69 Å². The Balaban J connectivity index is 1.53. The second-order valence-electron chi connectivity index (χ2n) is 8.09. The van der Waals surface area contributed by atoms with Crippen molar-refractivity contribution >= 4 is 34.6 Å². The predicted molar refractivity (Wildman–Crippen MR) is 101 cm³/mol. The summed E-state index contributed by atoms with van der Waals surface area (Å²) in [6.45, 7) is 2.09. The molecule has 1 N–H and O–H groups in total. The molecule has 0 aliphatic heterocycles. The number of halogens is 1. The maximum absolute atomic E-state index is 6.14. The minimum Gasteiger partial charge on any atom is -0.346 e. The Kier molecular flexibility index (Phi) is 3.85. The fourth-order valence-electron chi connectivity index (χ4n) is 5.62. The standard InChI is InChI=1S/C19H25ClN2S/c1-12-3-4-16(20)8-17(12)21-18(23)22(2)19-9-13-5-14(10-19)7-15(6-13)11-19/h3-4,8,13-15H,5-7,9-11H2,1-2H3,(H,21,23). The molecular formula is C19H25ClN2S. The molecule has 0 heterocycles. The fraction of sp³-hybridized carbons (Fsp3) is 0.632. The summed E-state index contributed by atoms with van der Waals surface area (Å²) in [4.78, 5) is 2.38. The summed E-state index contributed by atoms with van der Waals surface area (Å²) in [6, 6.07) is 5.93. The van der Waals surface area contributed by atoms with Crippen LogP contribution in [-0.2, 0) is 0 Å². The Morgan fingerprint density at radius 3 is 2.30 bits per heavy atom. The van der Waals surface area contributed by atoms with Gasteiger partial charge in [0.05, 0.1) is 0 Å². The van der Waals surface area contributed by atoms with E-state index in [0.29, 0.717) is 5.54 Å². The molecule has 4 fully saturated rings. The number of rotatable bonds is 2. The number of anilines is 1. The molecule has 0 unspecified atom stereocenters. The van der Waals surface area contributed by atoms with Gasteiger partial charge in [0.2, 0.25) is 0 Å². The molecule has 0 spiro atoms. The van der Waals surface area contributed by atoms with Gasteiger partial charge in [-0.05, 0) is 93.1 Å². The van der Waals surface area contributed by atoms with Crippen molar-refractivity contribution in [2.45, 2.75) is 51.0 Å². The van der Waals surface area contributed by atoms with E-state index < -0.39 is 0 Å². The minimum atomic E-state index is 0.297. The molecule has 23 heavy (non-hydrogen) atoms. The minimum absolute atomic E-state index is 0.297. The first-order valence-electron chi connectivity index (χ1n) is 8.76. The van der Waals surface area contributed by atoms with E-state index in [1.807, 2.05) is 18.2 Å². The van der Waals surface area contributed by atoms with E-state index in [2.05, 4.69) is 24.2 Å². The van der Waals surface area contributed by atoms with Gasteiger partial charge in [0.25, 0.3) is 0 Å². The topological polar surface area (TPSA) is 15.3 Å². The molecule has 4 aliphatic rings. The summed E-state index contributed by atoms with van der Waals surface area (Å²) in [7, 11) is 2.20. The summed E-state index contributed by atoms with van der Waals surface area (Å²) in [5.74, 6) is 2.79. The molecule has 1 aromatic rings. The first kappa shape index (κ1) is 15.7. The molecular weight excluding hydrogens is 324 g/mol. The number of hydrogen-bond acceptors (Lipinski definition) is 1. The van der Waals surface area contributed by atoms with Gasteiger partial charge in [0.15, 0.2) is 5.11 Å². The second-order valence-corrected chi connectivity index (χ2v) is 8.91. The average Bonchev–Trinajstić information content (AvgIpc) is 2.48. The maximum atomic E-state index is 6.14. The van der Waals surface area contributed by atoms with Crippen LogP contribution in [0.2, 0.25) is 5.02 Å². The van der Waals surface area contributed by atoms with E-state index in [9.17, 15) is 0 Å². The van der Waals surface area contributed by atoms with Crippen LogP contribution in [0.1, 0.15) is 44.1 Å². The number of nitrogens with one attached hydrogen (secondary N) is 1. The van der Waals surface area contributed by atoms with Crippen molar-refractivity contribution in [3.05, 3.63) is 28.8 Å². The zero-order chi connectivity index (χ0) is 16.2. The Morgan fingerprint density at radius 2 is 1.74 bits per heavy atom. The zero-order valence-corrected chi connectivity index (χ0v) is 15.5. The zero-order valence-electron chi connectivity index (χ0n) is 13.9. The van der Waals surface area contributed by atoms with Gasteiger partial charge >= 0.3 is 0 Å². The number of aryl methyl sites for hydroxylation is 1. The highest BCUT2D eigenvalue weighted by Crippen LogP contribution is 2.57. The summed E-state index contributed by atoms with van der Waals surface area (Å²) in [5.41, 5.74) is 2.50.